The summed E-state index contributed by atoms with van der Waals surface area (Å²) < 4.78 is 13.6. The third-order valence-electron chi connectivity index (χ3n) is 6.20. The van der Waals surface area contributed by atoms with Crippen LogP contribution in [0.25, 0.3) is 11.6 Å². The normalized spacial score (nSPS) is 13.8. The molecule has 2 heterocycles. The van der Waals surface area contributed by atoms with Gasteiger partial charge in [-0.1, -0.05) is 35.3 Å². The average molecular weight is 534 g/mol. The standard InChI is InChI=1S/C29H22Cl2FN3O2/c1-16-10-17(2)33-26(16)14-23-22-13-21(34-28(36)19-4-3-5-20(32)12-19)7-9-27(22)35(29(23)37)15-18-6-8-24(30)25(31)11-18/h3-14,33H,15H2,1-2H3,(H,34,36)/b23-14-. The molecule has 2 N–H and O–H groups in total. The van der Waals surface area contributed by atoms with Crippen LogP contribution in [0, 0.1) is 19.7 Å². The van der Waals surface area contributed by atoms with Crippen molar-refractivity contribution in [2.75, 3.05) is 10.2 Å². The number of H-pyrrole nitrogens is 1. The summed E-state index contributed by atoms with van der Waals surface area (Å²) in [4.78, 5) is 31.4. The molecule has 0 fully saturated rings. The molecule has 0 atom stereocenters. The summed E-state index contributed by atoms with van der Waals surface area (Å²) in [6.45, 7) is 4.22. The molecule has 5 nitrogen and oxygen atoms in total. The highest BCUT2D eigenvalue weighted by Crippen LogP contribution is 2.41. The van der Waals surface area contributed by atoms with Crippen molar-refractivity contribution in [2.45, 2.75) is 20.4 Å². The Morgan fingerprint density at radius 2 is 1.84 bits per heavy atom. The highest BCUT2D eigenvalue weighted by Gasteiger charge is 2.33. The first-order valence-electron chi connectivity index (χ1n) is 11.5. The Balaban J connectivity index is 1.54. The summed E-state index contributed by atoms with van der Waals surface area (Å²) in [6, 6.07) is 18.0. The van der Waals surface area contributed by atoms with Gasteiger partial charge in [0.05, 0.1) is 27.9 Å². The second kappa shape index (κ2) is 9.88. The molecular formula is C29H22Cl2FN3O2. The van der Waals surface area contributed by atoms with Gasteiger partial charge in [0.1, 0.15) is 5.82 Å². The fourth-order valence-electron chi connectivity index (χ4n) is 4.43. The number of carbonyl (C=O) groups is 2. The second-order valence-electron chi connectivity index (χ2n) is 8.94. The fourth-order valence-corrected chi connectivity index (χ4v) is 4.75. The van der Waals surface area contributed by atoms with Gasteiger partial charge in [-0.15, -0.1) is 0 Å². The van der Waals surface area contributed by atoms with E-state index >= 15 is 0 Å². The molecule has 0 spiro atoms. The number of anilines is 2. The molecule has 186 valence electrons. The Labute approximate surface area is 223 Å². The zero-order chi connectivity index (χ0) is 26.3. The molecule has 0 unspecified atom stereocenters. The summed E-state index contributed by atoms with van der Waals surface area (Å²) in [5.74, 6) is -1.12. The molecule has 0 aliphatic carbocycles. The third kappa shape index (κ3) is 5.03. The van der Waals surface area contributed by atoms with Crippen LogP contribution in [0.5, 0.6) is 0 Å². The zero-order valence-corrected chi connectivity index (χ0v) is 21.5. The van der Waals surface area contributed by atoms with Gasteiger partial charge in [0.25, 0.3) is 11.8 Å². The van der Waals surface area contributed by atoms with Gasteiger partial charge in [-0.3, -0.25) is 9.59 Å². The Kier molecular flexibility index (Phi) is 6.63. The zero-order valence-electron chi connectivity index (χ0n) is 20.0. The van der Waals surface area contributed by atoms with Crippen LogP contribution in [0.3, 0.4) is 0 Å². The van der Waals surface area contributed by atoms with Crippen molar-refractivity contribution in [3.8, 4) is 0 Å². The molecule has 8 heteroatoms. The van der Waals surface area contributed by atoms with E-state index in [0.717, 1.165) is 22.5 Å². The van der Waals surface area contributed by atoms with E-state index in [0.29, 0.717) is 32.6 Å². The topological polar surface area (TPSA) is 65.2 Å². The van der Waals surface area contributed by atoms with E-state index in [1.807, 2.05) is 32.1 Å². The minimum absolute atomic E-state index is 0.179. The van der Waals surface area contributed by atoms with Gasteiger partial charge in [-0.05, 0) is 85.6 Å². The SMILES string of the molecule is Cc1cc(C)c(/C=C2\C(=O)N(Cc3ccc(Cl)c(Cl)c3)c3ccc(NC(=O)c4cccc(F)c4)cc32)[nH]1. The van der Waals surface area contributed by atoms with Crippen molar-refractivity contribution >= 4 is 58.0 Å². The Hall–Kier alpha value is -3.87. The quantitative estimate of drug-likeness (QED) is 0.262. The molecule has 1 aliphatic rings. The molecule has 3 aromatic carbocycles. The van der Waals surface area contributed by atoms with E-state index in [9.17, 15) is 14.0 Å². The van der Waals surface area contributed by atoms with Gasteiger partial charge >= 0.3 is 0 Å². The lowest BCUT2D eigenvalue weighted by atomic mass is 10.0. The predicted molar refractivity (Wildman–Crippen MR) is 147 cm³/mol. The average Bonchev–Trinajstić information content (AvgIpc) is 3.31. The van der Waals surface area contributed by atoms with E-state index in [2.05, 4.69) is 10.3 Å². The van der Waals surface area contributed by atoms with E-state index in [1.165, 1.54) is 24.3 Å². The Bertz CT molecular complexity index is 1590. The molecule has 0 saturated heterocycles. The molecule has 4 aromatic rings. The van der Waals surface area contributed by atoms with Crippen molar-refractivity contribution < 1.29 is 14.0 Å². The van der Waals surface area contributed by atoms with Crippen LogP contribution in [-0.2, 0) is 11.3 Å². The highest BCUT2D eigenvalue weighted by molar-refractivity contribution is 6.42. The first-order chi connectivity index (χ1) is 17.7. The first-order valence-corrected chi connectivity index (χ1v) is 12.3. The summed E-state index contributed by atoms with van der Waals surface area (Å²) in [5.41, 5.74) is 6.20. The largest absolute Gasteiger partial charge is 0.359 e. The number of aryl methyl sites for hydroxylation is 2. The maximum absolute atomic E-state index is 13.7. The second-order valence-corrected chi connectivity index (χ2v) is 9.76. The highest BCUT2D eigenvalue weighted by atomic mass is 35.5. The number of halogens is 3. The monoisotopic (exact) mass is 533 g/mol. The van der Waals surface area contributed by atoms with Gasteiger partial charge in [0.2, 0.25) is 0 Å². The van der Waals surface area contributed by atoms with Crippen LogP contribution in [0.2, 0.25) is 10.0 Å². The number of hydrogen-bond donors (Lipinski definition) is 2. The van der Waals surface area contributed by atoms with Gasteiger partial charge in [0.15, 0.2) is 0 Å². The molecule has 1 aromatic heterocycles. The Morgan fingerprint density at radius 3 is 2.54 bits per heavy atom. The van der Waals surface area contributed by atoms with Gasteiger partial charge in [0, 0.05) is 28.2 Å². The van der Waals surface area contributed by atoms with E-state index in [4.69, 9.17) is 23.2 Å². The summed E-state index contributed by atoms with van der Waals surface area (Å²) in [5, 5.41) is 3.66. The van der Waals surface area contributed by atoms with Crippen LogP contribution >= 0.6 is 23.2 Å². The Morgan fingerprint density at radius 1 is 1.03 bits per heavy atom. The predicted octanol–water partition coefficient (Wildman–Crippen LogP) is 7.42. The lowest BCUT2D eigenvalue weighted by Crippen LogP contribution is -2.25. The maximum atomic E-state index is 13.7. The van der Waals surface area contributed by atoms with E-state index in [1.54, 1.807) is 35.2 Å². The molecule has 1 aliphatic heterocycles. The number of amides is 2. The minimum Gasteiger partial charge on any atom is -0.359 e. The van der Waals surface area contributed by atoms with Crippen molar-refractivity contribution in [1.29, 1.82) is 0 Å². The molecule has 0 radical (unpaired) electrons. The number of aromatic nitrogens is 1. The smallest absolute Gasteiger partial charge is 0.259 e. The van der Waals surface area contributed by atoms with Gasteiger partial charge < -0.3 is 15.2 Å². The van der Waals surface area contributed by atoms with Crippen molar-refractivity contribution in [3.63, 3.8) is 0 Å². The van der Waals surface area contributed by atoms with Crippen molar-refractivity contribution in [1.82, 2.24) is 4.98 Å². The minimum atomic E-state index is -0.494. The fraction of sp³-hybridized carbons (Fsp3) is 0.103. The van der Waals surface area contributed by atoms with Gasteiger partial charge in [-0.2, -0.15) is 0 Å². The molecule has 37 heavy (non-hydrogen) atoms. The van der Waals surface area contributed by atoms with Crippen LogP contribution in [0.4, 0.5) is 15.8 Å². The molecule has 5 rings (SSSR count). The van der Waals surface area contributed by atoms with Crippen LogP contribution in [-0.4, -0.2) is 16.8 Å². The molecule has 0 bridgehead atoms. The number of rotatable bonds is 5. The number of nitrogens with zero attached hydrogens (tertiary/aromatic N) is 1. The number of aromatic amines is 1. The number of carbonyl (C=O) groups excluding carboxylic acids is 2. The molecule has 0 saturated carbocycles. The number of benzene rings is 3. The molecular weight excluding hydrogens is 512 g/mol. The van der Waals surface area contributed by atoms with E-state index in [-0.39, 0.29) is 18.0 Å². The number of hydrogen-bond acceptors (Lipinski definition) is 2. The first kappa shape index (κ1) is 24.8. The van der Waals surface area contributed by atoms with Crippen LogP contribution in [0.1, 0.15) is 38.4 Å². The van der Waals surface area contributed by atoms with Crippen LogP contribution in [0.15, 0.2) is 66.7 Å². The van der Waals surface area contributed by atoms with Crippen LogP contribution < -0.4 is 10.2 Å². The third-order valence-corrected chi connectivity index (χ3v) is 6.94. The summed E-state index contributed by atoms with van der Waals surface area (Å²) >= 11 is 12.3. The lowest BCUT2D eigenvalue weighted by Gasteiger charge is -2.18. The van der Waals surface area contributed by atoms with Gasteiger partial charge in [-0.25, -0.2) is 4.39 Å². The number of fused-ring (bicyclic) bond motifs is 1. The number of nitrogens with one attached hydrogen (secondary N) is 2. The lowest BCUT2D eigenvalue weighted by molar-refractivity contribution is -0.113. The summed E-state index contributed by atoms with van der Waals surface area (Å²) in [6.07, 6.45) is 1.83. The van der Waals surface area contributed by atoms with Crippen molar-refractivity contribution in [2.24, 2.45) is 0 Å². The molecule has 2 amide bonds. The maximum Gasteiger partial charge on any atom is 0.259 e. The summed E-state index contributed by atoms with van der Waals surface area (Å²) in [7, 11) is 0. The van der Waals surface area contributed by atoms with Crippen molar-refractivity contribution in [3.05, 3.63) is 116 Å². The van der Waals surface area contributed by atoms with E-state index < -0.39 is 11.7 Å².